The molecule has 1 aliphatic heterocycles. The van der Waals surface area contributed by atoms with E-state index in [-0.39, 0.29) is 24.2 Å². The number of carbonyl (C=O) groups excluding carboxylic acids is 1. The molecular weight excluding hydrogens is 408 g/mol. The molecule has 0 spiro atoms. The summed E-state index contributed by atoms with van der Waals surface area (Å²) >= 11 is 0. The first-order chi connectivity index (χ1) is 14.1. The van der Waals surface area contributed by atoms with Gasteiger partial charge in [-0.25, -0.2) is 13.9 Å². The molecule has 0 aromatic carbocycles. The number of piperidine rings is 1. The van der Waals surface area contributed by atoms with Crippen LogP contribution >= 0.6 is 0 Å². The number of aryl methyl sites for hydroxylation is 1. The van der Waals surface area contributed by atoms with E-state index in [4.69, 9.17) is 5.73 Å². The second-order valence-corrected chi connectivity index (χ2v) is 7.04. The third-order valence-electron chi connectivity index (χ3n) is 4.84. The summed E-state index contributed by atoms with van der Waals surface area (Å²) in [7, 11) is 1.32. The Hall–Kier alpha value is -3.22. The molecule has 0 aliphatic carbocycles. The monoisotopic (exact) mass is 426 g/mol. The number of hydrogen-bond acceptors (Lipinski definition) is 6. The molecule has 160 valence electrons. The first-order valence-corrected chi connectivity index (χ1v) is 9.04. The highest BCUT2D eigenvalue weighted by atomic mass is 19.4. The summed E-state index contributed by atoms with van der Waals surface area (Å²) in [5.41, 5.74) is 4.25. The summed E-state index contributed by atoms with van der Waals surface area (Å²) in [5.74, 6) is -0.343. The van der Waals surface area contributed by atoms with Crippen molar-refractivity contribution in [1.82, 2.24) is 24.4 Å². The highest BCUT2D eigenvalue weighted by molar-refractivity contribution is 6.08. The molecule has 1 amide bonds. The summed E-state index contributed by atoms with van der Waals surface area (Å²) in [5, 5.41) is 9.60. The SMILES string of the molecule is Cn1cc(NC(=O)c2cnn3ccc(N4CC[C@H](F)[C@H](N)C4)nc23)c(C(F)(F)F)n1. The maximum atomic E-state index is 13.6. The Morgan fingerprint density at radius 3 is 2.83 bits per heavy atom. The molecule has 0 bridgehead atoms. The van der Waals surface area contributed by atoms with Crippen molar-refractivity contribution >= 4 is 23.1 Å². The minimum absolute atomic E-state index is 0.0153. The van der Waals surface area contributed by atoms with Crippen molar-refractivity contribution in [2.45, 2.75) is 24.8 Å². The zero-order valence-electron chi connectivity index (χ0n) is 15.8. The zero-order chi connectivity index (χ0) is 21.6. The molecule has 1 aliphatic rings. The van der Waals surface area contributed by atoms with Crippen molar-refractivity contribution in [3.05, 3.63) is 35.9 Å². The van der Waals surface area contributed by atoms with E-state index in [0.717, 1.165) is 10.9 Å². The molecule has 0 unspecified atom stereocenters. The number of aromatic nitrogens is 5. The third kappa shape index (κ3) is 3.67. The molecule has 1 saturated heterocycles. The van der Waals surface area contributed by atoms with E-state index in [1.807, 2.05) is 0 Å². The summed E-state index contributed by atoms with van der Waals surface area (Å²) < 4.78 is 55.3. The van der Waals surface area contributed by atoms with Crippen molar-refractivity contribution < 1.29 is 22.4 Å². The molecule has 3 N–H and O–H groups in total. The molecule has 0 radical (unpaired) electrons. The number of fused-ring (bicyclic) bond motifs is 1. The van der Waals surface area contributed by atoms with Crippen LogP contribution in [0.4, 0.5) is 29.1 Å². The van der Waals surface area contributed by atoms with Crippen LogP contribution in [0.2, 0.25) is 0 Å². The molecule has 1 fully saturated rings. The maximum absolute atomic E-state index is 13.6. The normalized spacial score (nSPS) is 20.0. The Morgan fingerprint density at radius 2 is 2.13 bits per heavy atom. The van der Waals surface area contributed by atoms with Gasteiger partial charge in [-0.15, -0.1) is 0 Å². The average Bonchev–Trinajstić information content (AvgIpc) is 3.26. The maximum Gasteiger partial charge on any atom is 0.437 e. The van der Waals surface area contributed by atoms with E-state index in [1.165, 1.54) is 17.8 Å². The largest absolute Gasteiger partial charge is 0.437 e. The van der Waals surface area contributed by atoms with Gasteiger partial charge in [0.2, 0.25) is 0 Å². The lowest BCUT2D eigenvalue weighted by Crippen LogP contribution is -2.50. The van der Waals surface area contributed by atoms with Gasteiger partial charge in [-0.05, 0) is 12.5 Å². The summed E-state index contributed by atoms with van der Waals surface area (Å²) in [4.78, 5) is 18.9. The quantitative estimate of drug-likeness (QED) is 0.617. The van der Waals surface area contributed by atoms with Gasteiger partial charge in [-0.1, -0.05) is 0 Å². The van der Waals surface area contributed by atoms with E-state index in [2.05, 4.69) is 20.5 Å². The number of anilines is 2. The highest BCUT2D eigenvalue weighted by Gasteiger charge is 2.38. The topological polar surface area (TPSA) is 106 Å². The van der Waals surface area contributed by atoms with Crippen LogP contribution in [0.15, 0.2) is 24.7 Å². The van der Waals surface area contributed by atoms with Gasteiger partial charge in [0.15, 0.2) is 11.3 Å². The smallest absolute Gasteiger partial charge is 0.355 e. The number of nitrogens with zero attached hydrogens (tertiary/aromatic N) is 6. The van der Waals surface area contributed by atoms with E-state index in [0.29, 0.717) is 12.4 Å². The van der Waals surface area contributed by atoms with Gasteiger partial charge in [0, 0.05) is 32.5 Å². The van der Waals surface area contributed by atoms with Crippen LogP contribution in [0, 0.1) is 0 Å². The summed E-state index contributed by atoms with van der Waals surface area (Å²) in [6.07, 6.45) is -1.73. The first-order valence-electron chi connectivity index (χ1n) is 9.04. The first kappa shape index (κ1) is 20.1. The van der Waals surface area contributed by atoms with Gasteiger partial charge in [0.1, 0.15) is 17.6 Å². The lowest BCUT2D eigenvalue weighted by atomic mass is 10.0. The van der Waals surface area contributed by atoms with Gasteiger partial charge in [-0.2, -0.15) is 23.4 Å². The predicted molar refractivity (Wildman–Crippen MR) is 98.9 cm³/mol. The Bertz CT molecular complexity index is 1090. The van der Waals surface area contributed by atoms with Crippen molar-refractivity contribution in [2.75, 3.05) is 23.3 Å². The van der Waals surface area contributed by atoms with Gasteiger partial charge in [0.05, 0.1) is 17.9 Å². The number of carbonyl (C=O) groups is 1. The van der Waals surface area contributed by atoms with Crippen LogP contribution in [0.1, 0.15) is 22.5 Å². The average molecular weight is 426 g/mol. The highest BCUT2D eigenvalue weighted by Crippen LogP contribution is 2.33. The van der Waals surface area contributed by atoms with Crippen molar-refractivity contribution in [3.63, 3.8) is 0 Å². The second kappa shape index (κ2) is 7.23. The van der Waals surface area contributed by atoms with Gasteiger partial charge in [-0.3, -0.25) is 9.48 Å². The lowest BCUT2D eigenvalue weighted by Gasteiger charge is -2.33. The fourth-order valence-corrected chi connectivity index (χ4v) is 3.34. The number of nitrogens with two attached hydrogens (primary N) is 1. The number of alkyl halides is 4. The van der Waals surface area contributed by atoms with Gasteiger partial charge >= 0.3 is 6.18 Å². The molecule has 2 atom stereocenters. The molecular formula is C17H18F4N8O. The van der Waals surface area contributed by atoms with Crippen molar-refractivity contribution in [3.8, 4) is 0 Å². The molecule has 4 heterocycles. The molecule has 30 heavy (non-hydrogen) atoms. The number of halogens is 4. The Kier molecular flexibility index (Phi) is 4.84. The molecule has 9 nitrogen and oxygen atoms in total. The number of amides is 1. The van der Waals surface area contributed by atoms with E-state index >= 15 is 0 Å². The van der Waals surface area contributed by atoms with Crippen molar-refractivity contribution in [1.29, 1.82) is 0 Å². The molecule has 0 saturated carbocycles. The van der Waals surface area contributed by atoms with E-state index in [9.17, 15) is 22.4 Å². The van der Waals surface area contributed by atoms with E-state index < -0.39 is 35.7 Å². The van der Waals surface area contributed by atoms with Crippen LogP contribution in [0.5, 0.6) is 0 Å². The standard InChI is InChI=1S/C17H18F4N8O/c1-27-8-12(14(26-27)17(19,20)21)24-16(30)9-6-23-29-5-3-13(25-15(9)29)28-4-2-10(18)11(22)7-28/h3,5-6,8,10-11H,2,4,7,22H2,1H3,(H,24,30)/t10-,11+/m0/s1. The minimum Gasteiger partial charge on any atom is -0.355 e. The van der Waals surface area contributed by atoms with Crippen LogP contribution in [0.25, 0.3) is 5.65 Å². The van der Waals surface area contributed by atoms with Crippen LogP contribution in [-0.2, 0) is 13.2 Å². The molecule has 4 rings (SSSR count). The predicted octanol–water partition coefficient (Wildman–Crippen LogP) is 1.61. The van der Waals surface area contributed by atoms with Gasteiger partial charge in [0.25, 0.3) is 5.91 Å². The van der Waals surface area contributed by atoms with Crippen molar-refractivity contribution in [2.24, 2.45) is 12.8 Å². The second-order valence-electron chi connectivity index (χ2n) is 7.04. The number of hydrogen-bond donors (Lipinski definition) is 2. The fraction of sp³-hybridized carbons (Fsp3) is 0.412. The summed E-state index contributed by atoms with van der Waals surface area (Å²) in [6.45, 7) is 0.656. The lowest BCUT2D eigenvalue weighted by molar-refractivity contribution is -0.140. The van der Waals surface area contributed by atoms with Gasteiger partial charge < -0.3 is 16.0 Å². The molecule has 3 aromatic heterocycles. The van der Waals surface area contributed by atoms with Crippen LogP contribution in [0.3, 0.4) is 0 Å². The Morgan fingerprint density at radius 1 is 1.37 bits per heavy atom. The molecule has 3 aromatic rings. The Labute approximate surface area is 167 Å². The van der Waals surface area contributed by atoms with E-state index in [1.54, 1.807) is 17.2 Å². The summed E-state index contributed by atoms with van der Waals surface area (Å²) in [6, 6.07) is 0.992. The third-order valence-corrected chi connectivity index (χ3v) is 4.84. The van der Waals surface area contributed by atoms with Crippen LogP contribution in [-0.4, -0.2) is 55.6 Å². The minimum atomic E-state index is -4.72. The fourth-order valence-electron chi connectivity index (χ4n) is 3.34. The zero-order valence-corrected chi connectivity index (χ0v) is 15.8. The number of nitrogens with one attached hydrogen (secondary N) is 1. The van der Waals surface area contributed by atoms with Crippen LogP contribution < -0.4 is 16.0 Å². The molecule has 13 heteroatoms. The Balaban J connectivity index is 1.63. The number of rotatable bonds is 3.